The highest BCUT2D eigenvalue weighted by molar-refractivity contribution is 7.92. The molecule has 0 spiro atoms. The van der Waals surface area contributed by atoms with E-state index in [4.69, 9.17) is 14.2 Å². The number of nitrogens with one attached hydrogen (secondary N) is 1. The third-order valence-corrected chi connectivity index (χ3v) is 5.51. The quantitative estimate of drug-likeness (QED) is 0.733. The lowest BCUT2D eigenvalue weighted by molar-refractivity contribution is -0.120. The molecule has 1 aliphatic rings. The van der Waals surface area contributed by atoms with Crippen LogP contribution in [0.25, 0.3) is 0 Å². The predicted molar refractivity (Wildman–Crippen MR) is 109 cm³/mol. The van der Waals surface area contributed by atoms with Crippen molar-refractivity contribution in [1.29, 1.82) is 0 Å². The number of ether oxygens (including phenoxy) is 3. The Balaban J connectivity index is 1.67. The highest BCUT2D eigenvalue weighted by atomic mass is 32.2. The second-order valence-corrected chi connectivity index (χ2v) is 8.65. The molecule has 0 unspecified atom stereocenters. The van der Waals surface area contributed by atoms with E-state index in [9.17, 15) is 13.2 Å². The summed E-state index contributed by atoms with van der Waals surface area (Å²) in [5.41, 5.74) is 1.16. The Bertz CT molecular complexity index is 992. The normalized spacial score (nSPS) is 15.5. The fraction of sp³-hybridized carbons (Fsp3) is 0.350. The zero-order valence-corrected chi connectivity index (χ0v) is 17.4. The van der Waals surface area contributed by atoms with E-state index in [1.54, 1.807) is 24.3 Å². The molecule has 8 nitrogen and oxygen atoms in total. The zero-order chi connectivity index (χ0) is 21.0. The minimum atomic E-state index is -3.71. The summed E-state index contributed by atoms with van der Waals surface area (Å²) in [4.78, 5) is 12.5. The molecule has 0 aliphatic carbocycles. The highest BCUT2D eigenvalue weighted by Gasteiger charge is 2.26. The van der Waals surface area contributed by atoms with Crippen LogP contribution in [-0.2, 0) is 14.8 Å². The van der Waals surface area contributed by atoms with Gasteiger partial charge in [0.2, 0.25) is 15.9 Å². The van der Waals surface area contributed by atoms with Crippen molar-refractivity contribution in [3.63, 3.8) is 0 Å². The number of anilines is 1. The summed E-state index contributed by atoms with van der Waals surface area (Å²) in [5.74, 6) is 1.18. The molecule has 9 heteroatoms. The molecule has 156 valence electrons. The summed E-state index contributed by atoms with van der Waals surface area (Å²) in [6, 6.07) is 12.4. The summed E-state index contributed by atoms with van der Waals surface area (Å²) in [6.07, 6.45) is 0.686. The van der Waals surface area contributed by atoms with Crippen LogP contribution in [0, 0.1) is 6.92 Å². The van der Waals surface area contributed by atoms with E-state index < -0.39 is 15.9 Å². The molecular formula is C20H24N2O6S. The lowest BCUT2D eigenvalue weighted by atomic mass is 10.2. The van der Waals surface area contributed by atoms with Crippen LogP contribution in [0.4, 0.5) is 5.69 Å². The molecule has 0 saturated carbocycles. The van der Waals surface area contributed by atoms with Gasteiger partial charge >= 0.3 is 0 Å². The number of carbonyl (C=O) groups excluding carboxylic acids is 1. The standard InChI is InChI=1S/C20H24N2O6S/c1-14-8-9-17(26-2)16(10-14)22(29(3,24)25)12-20(23)21-11-15-13-27-18-6-4-5-7-19(18)28-15/h4-10,15H,11-13H2,1-3H3,(H,21,23)/t15-/m0/s1. The Morgan fingerprint density at radius 3 is 2.66 bits per heavy atom. The minimum Gasteiger partial charge on any atom is -0.495 e. The molecule has 3 rings (SSSR count). The van der Waals surface area contributed by atoms with E-state index in [-0.39, 0.29) is 19.2 Å². The molecule has 0 bridgehead atoms. The Labute approximate surface area is 170 Å². The van der Waals surface area contributed by atoms with Crippen LogP contribution in [-0.4, -0.2) is 53.5 Å². The van der Waals surface area contributed by atoms with Gasteiger partial charge in [-0.3, -0.25) is 9.10 Å². The van der Waals surface area contributed by atoms with E-state index >= 15 is 0 Å². The molecular weight excluding hydrogens is 396 g/mol. The van der Waals surface area contributed by atoms with Crippen molar-refractivity contribution in [3.8, 4) is 17.2 Å². The molecule has 0 saturated heterocycles. The van der Waals surface area contributed by atoms with E-state index in [1.165, 1.54) is 7.11 Å². The van der Waals surface area contributed by atoms with Crippen molar-refractivity contribution in [2.45, 2.75) is 13.0 Å². The van der Waals surface area contributed by atoms with Crippen LogP contribution < -0.4 is 23.8 Å². The number of hydrogen-bond donors (Lipinski definition) is 1. The summed E-state index contributed by atoms with van der Waals surface area (Å²) in [6.45, 7) is 1.94. The molecule has 1 aliphatic heterocycles. The maximum Gasteiger partial charge on any atom is 0.240 e. The van der Waals surface area contributed by atoms with Gasteiger partial charge in [-0.25, -0.2) is 8.42 Å². The maximum atomic E-state index is 12.5. The molecule has 2 aromatic carbocycles. The van der Waals surface area contributed by atoms with Crippen LogP contribution in [0.2, 0.25) is 0 Å². The van der Waals surface area contributed by atoms with Gasteiger partial charge in [0.15, 0.2) is 11.5 Å². The van der Waals surface area contributed by atoms with Crippen LogP contribution in [0.15, 0.2) is 42.5 Å². The molecule has 0 fully saturated rings. The summed E-state index contributed by atoms with van der Waals surface area (Å²) in [7, 11) is -2.26. The molecule has 1 N–H and O–H groups in total. The van der Waals surface area contributed by atoms with Gasteiger partial charge in [0.25, 0.3) is 0 Å². The van der Waals surface area contributed by atoms with Crippen molar-refractivity contribution >= 4 is 21.6 Å². The first-order valence-corrected chi connectivity index (χ1v) is 10.9. The third kappa shape index (κ3) is 5.11. The fourth-order valence-corrected chi connectivity index (χ4v) is 3.81. The first kappa shape index (κ1) is 20.8. The van der Waals surface area contributed by atoms with Crippen molar-refractivity contribution in [3.05, 3.63) is 48.0 Å². The summed E-state index contributed by atoms with van der Waals surface area (Å²) >= 11 is 0. The molecule has 0 radical (unpaired) electrons. The molecule has 29 heavy (non-hydrogen) atoms. The lowest BCUT2D eigenvalue weighted by Gasteiger charge is -2.27. The number of fused-ring (bicyclic) bond motifs is 1. The van der Waals surface area contributed by atoms with Crippen LogP contribution >= 0.6 is 0 Å². The largest absolute Gasteiger partial charge is 0.495 e. The van der Waals surface area contributed by atoms with Gasteiger partial charge < -0.3 is 19.5 Å². The number of para-hydroxylation sites is 2. The molecule has 1 atom stereocenters. The predicted octanol–water partition coefficient (Wildman–Crippen LogP) is 1.73. The lowest BCUT2D eigenvalue weighted by Crippen LogP contribution is -2.45. The Hall–Kier alpha value is -2.94. The van der Waals surface area contributed by atoms with Crippen LogP contribution in [0.1, 0.15) is 5.56 Å². The van der Waals surface area contributed by atoms with Crippen molar-refractivity contribution < 1.29 is 27.4 Å². The molecule has 1 heterocycles. The van der Waals surface area contributed by atoms with E-state index in [0.717, 1.165) is 16.1 Å². The van der Waals surface area contributed by atoms with Gasteiger partial charge in [-0.1, -0.05) is 18.2 Å². The first-order valence-electron chi connectivity index (χ1n) is 9.05. The smallest absolute Gasteiger partial charge is 0.240 e. The average Bonchev–Trinajstić information content (AvgIpc) is 2.69. The summed E-state index contributed by atoms with van der Waals surface area (Å²) in [5, 5.41) is 2.72. The monoisotopic (exact) mass is 420 g/mol. The topological polar surface area (TPSA) is 94.2 Å². The zero-order valence-electron chi connectivity index (χ0n) is 16.5. The molecule has 0 aromatic heterocycles. The van der Waals surface area contributed by atoms with Crippen LogP contribution in [0.3, 0.4) is 0 Å². The number of sulfonamides is 1. The number of aryl methyl sites for hydroxylation is 1. The number of amides is 1. The number of rotatable bonds is 7. The third-order valence-electron chi connectivity index (χ3n) is 4.39. The SMILES string of the molecule is COc1ccc(C)cc1N(CC(=O)NC[C@H]1COc2ccccc2O1)S(C)(=O)=O. The number of carbonyl (C=O) groups is 1. The van der Waals surface area contributed by atoms with E-state index in [2.05, 4.69) is 5.32 Å². The second-order valence-electron chi connectivity index (χ2n) is 6.75. The van der Waals surface area contributed by atoms with E-state index in [1.807, 2.05) is 25.1 Å². The van der Waals surface area contributed by atoms with Crippen molar-refractivity contribution in [2.24, 2.45) is 0 Å². The second kappa shape index (κ2) is 8.60. The number of methoxy groups -OCH3 is 1. The van der Waals surface area contributed by atoms with Gasteiger partial charge in [0.05, 0.1) is 25.6 Å². The Kier molecular flexibility index (Phi) is 6.17. The maximum absolute atomic E-state index is 12.5. The fourth-order valence-electron chi connectivity index (χ4n) is 2.95. The highest BCUT2D eigenvalue weighted by Crippen LogP contribution is 2.31. The van der Waals surface area contributed by atoms with Gasteiger partial charge in [0.1, 0.15) is 25.0 Å². The minimum absolute atomic E-state index is 0.190. The first-order chi connectivity index (χ1) is 13.8. The average molecular weight is 420 g/mol. The van der Waals surface area contributed by atoms with Crippen molar-refractivity contribution in [2.75, 3.05) is 37.4 Å². The van der Waals surface area contributed by atoms with Gasteiger partial charge in [-0.2, -0.15) is 0 Å². The van der Waals surface area contributed by atoms with Crippen molar-refractivity contribution in [1.82, 2.24) is 5.32 Å². The Morgan fingerprint density at radius 1 is 1.24 bits per heavy atom. The van der Waals surface area contributed by atoms with Gasteiger partial charge in [-0.15, -0.1) is 0 Å². The van der Waals surface area contributed by atoms with E-state index in [0.29, 0.717) is 29.5 Å². The number of benzene rings is 2. The molecule has 2 aromatic rings. The van der Waals surface area contributed by atoms with Gasteiger partial charge in [0, 0.05) is 0 Å². The number of nitrogens with zero attached hydrogens (tertiary/aromatic N) is 1. The van der Waals surface area contributed by atoms with Crippen LogP contribution in [0.5, 0.6) is 17.2 Å². The Morgan fingerprint density at radius 2 is 1.97 bits per heavy atom. The number of hydrogen-bond acceptors (Lipinski definition) is 6. The van der Waals surface area contributed by atoms with Gasteiger partial charge in [-0.05, 0) is 36.8 Å². The summed E-state index contributed by atoms with van der Waals surface area (Å²) < 4.78 is 42.4. The molecule has 1 amide bonds.